The van der Waals surface area contributed by atoms with Crippen LogP contribution < -0.4 is 5.32 Å². The molecule has 2 aliphatic rings. The normalized spacial score (nSPS) is 27.2. The third kappa shape index (κ3) is 4.73. The summed E-state index contributed by atoms with van der Waals surface area (Å²) in [7, 11) is 0. The van der Waals surface area contributed by atoms with Crippen LogP contribution in [0.2, 0.25) is 0 Å². The van der Waals surface area contributed by atoms with Crippen LogP contribution in [0.25, 0.3) is 0 Å². The Morgan fingerprint density at radius 2 is 2.12 bits per heavy atom. The van der Waals surface area contributed by atoms with Gasteiger partial charge in [-0.15, -0.1) is 0 Å². The number of benzene rings is 1. The molecule has 1 heterocycles. The van der Waals surface area contributed by atoms with Crippen LogP contribution in [0.1, 0.15) is 51.5 Å². The minimum absolute atomic E-state index is 0.0125. The van der Waals surface area contributed by atoms with Crippen molar-refractivity contribution in [1.82, 2.24) is 4.90 Å². The lowest BCUT2D eigenvalue weighted by molar-refractivity contribution is 0.00468. The Balaban J connectivity index is 1.51. The Morgan fingerprint density at radius 3 is 2.88 bits per heavy atom. The van der Waals surface area contributed by atoms with Gasteiger partial charge in [-0.2, -0.15) is 0 Å². The fourth-order valence-electron chi connectivity index (χ4n) is 3.80. The fraction of sp³-hybridized carbons (Fsp3) is 0.650. The molecule has 2 fully saturated rings. The molecule has 3 atom stereocenters. The summed E-state index contributed by atoms with van der Waals surface area (Å²) in [6, 6.07) is 8.05. The van der Waals surface area contributed by atoms with Gasteiger partial charge in [0, 0.05) is 18.8 Å². The van der Waals surface area contributed by atoms with Gasteiger partial charge in [0.15, 0.2) is 0 Å². The predicted octanol–water partition coefficient (Wildman–Crippen LogP) is 4.66. The molecule has 3 unspecified atom stereocenters. The van der Waals surface area contributed by atoms with E-state index in [0.29, 0.717) is 18.6 Å². The number of carbonyl (C=O) groups is 1. The molecule has 3 rings (SSSR count). The molecule has 1 aliphatic carbocycles. The molecule has 24 heavy (non-hydrogen) atoms. The molecule has 0 radical (unpaired) electrons. The number of hydrogen-bond donors (Lipinski definition) is 1. The first-order chi connectivity index (χ1) is 11.6. The van der Waals surface area contributed by atoms with Crippen LogP contribution in [-0.4, -0.2) is 30.1 Å². The van der Waals surface area contributed by atoms with Crippen molar-refractivity contribution in [3.63, 3.8) is 0 Å². The minimum Gasteiger partial charge on any atom is -0.374 e. The number of anilines is 1. The Labute approximate surface area is 145 Å². The number of rotatable bonds is 4. The second-order valence-corrected chi connectivity index (χ2v) is 7.68. The van der Waals surface area contributed by atoms with Crippen LogP contribution in [0.3, 0.4) is 0 Å². The molecule has 4 heteroatoms. The zero-order valence-corrected chi connectivity index (χ0v) is 15.0. The van der Waals surface area contributed by atoms with E-state index in [1.54, 1.807) is 0 Å². The molecule has 1 saturated carbocycles. The van der Waals surface area contributed by atoms with Crippen LogP contribution in [0.5, 0.6) is 0 Å². The molecular formula is C20H30N2O2. The van der Waals surface area contributed by atoms with E-state index < -0.39 is 0 Å². The van der Waals surface area contributed by atoms with Crippen molar-refractivity contribution >= 4 is 11.7 Å². The number of nitrogens with one attached hydrogen (secondary N) is 1. The Bertz CT molecular complexity index is 560. The van der Waals surface area contributed by atoms with Crippen molar-refractivity contribution in [2.45, 2.75) is 58.7 Å². The monoisotopic (exact) mass is 330 g/mol. The molecule has 1 saturated heterocycles. The van der Waals surface area contributed by atoms with Gasteiger partial charge >= 0.3 is 6.03 Å². The maximum atomic E-state index is 12.3. The molecule has 0 spiro atoms. The van der Waals surface area contributed by atoms with Crippen LogP contribution in [0, 0.1) is 11.8 Å². The summed E-state index contributed by atoms with van der Waals surface area (Å²) in [5.41, 5.74) is 1.98. The van der Waals surface area contributed by atoms with Crippen molar-refractivity contribution < 1.29 is 9.53 Å². The lowest BCUT2D eigenvalue weighted by atomic mass is 9.89. The average Bonchev–Trinajstić information content (AvgIpc) is 3.00. The highest BCUT2D eigenvalue weighted by atomic mass is 16.5. The molecule has 1 N–H and O–H groups in total. The van der Waals surface area contributed by atoms with Gasteiger partial charge in [0.1, 0.15) is 0 Å². The third-order valence-corrected chi connectivity index (χ3v) is 5.26. The van der Waals surface area contributed by atoms with E-state index in [4.69, 9.17) is 4.74 Å². The van der Waals surface area contributed by atoms with Crippen LogP contribution in [0.15, 0.2) is 24.3 Å². The standard InChI is InChI=1S/C20H30N2O2/c1-15-5-3-8-19(11-15)24-14-17-6-4-7-18(12-17)21-20(23)22-10-9-16(2)13-22/h4,6-7,12,15-16,19H,3,5,8-11,13-14H2,1-2H3,(H,21,23). The molecule has 132 valence electrons. The summed E-state index contributed by atoms with van der Waals surface area (Å²) < 4.78 is 6.09. The summed E-state index contributed by atoms with van der Waals surface area (Å²) in [6.07, 6.45) is 6.43. The molecule has 1 aromatic rings. The Hall–Kier alpha value is -1.55. The smallest absolute Gasteiger partial charge is 0.321 e. The highest BCUT2D eigenvalue weighted by molar-refractivity contribution is 5.89. The largest absolute Gasteiger partial charge is 0.374 e. The van der Waals surface area contributed by atoms with Crippen molar-refractivity contribution in [2.75, 3.05) is 18.4 Å². The first-order valence-electron chi connectivity index (χ1n) is 9.36. The lowest BCUT2D eigenvalue weighted by Crippen LogP contribution is -2.32. The molecule has 0 bridgehead atoms. The number of ether oxygens (including phenoxy) is 1. The number of amides is 2. The third-order valence-electron chi connectivity index (χ3n) is 5.26. The predicted molar refractivity (Wildman–Crippen MR) is 97.0 cm³/mol. The molecule has 2 amide bonds. The second kappa shape index (κ2) is 8.02. The van der Waals surface area contributed by atoms with Crippen molar-refractivity contribution in [3.05, 3.63) is 29.8 Å². The van der Waals surface area contributed by atoms with E-state index in [0.717, 1.165) is 36.7 Å². The maximum Gasteiger partial charge on any atom is 0.321 e. The highest BCUT2D eigenvalue weighted by Gasteiger charge is 2.23. The number of nitrogens with zero attached hydrogens (tertiary/aromatic N) is 1. The first-order valence-corrected chi connectivity index (χ1v) is 9.36. The molecule has 0 aromatic heterocycles. The van der Waals surface area contributed by atoms with E-state index in [-0.39, 0.29) is 6.03 Å². The fourth-order valence-corrected chi connectivity index (χ4v) is 3.80. The van der Waals surface area contributed by atoms with Gasteiger partial charge in [-0.05, 0) is 48.8 Å². The quantitative estimate of drug-likeness (QED) is 0.872. The molecule has 1 aliphatic heterocycles. The van der Waals surface area contributed by atoms with Gasteiger partial charge in [0.05, 0.1) is 12.7 Å². The zero-order chi connectivity index (χ0) is 16.9. The summed E-state index contributed by atoms with van der Waals surface area (Å²) >= 11 is 0. The Kier molecular flexibility index (Phi) is 5.77. The SMILES string of the molecule is CC1CCCC(OCc2cccc(NC(=O)N3CCC(C)C3)c2)C1. The number of likely N-dealkylation sites (tertiary alicyclic amines) is 1. The summed E-state index contributed by atoms with van der Waals surface area (Å²) in [6.45, 7) is 6.84. The van der Waals surface area contributed by atoms with Crippen molar-refractivity contribution in [2.24, 2.45) is 11.8 Å². The zero-order valence-electron chi connectivity index (χ0n) is 15.0. The van der Waals surface area contributed by atoms with Gasteiger partial charge in [0.25, 0.3) is 0 Å². The van der Waals surface area contributed by atoms with E-state index in [9.17, 15) is 4.79 Å². The number of carbonyl (C=O) groups excluding carboxylic acids is 1. The topological polar surface area (TPSA) is 41.6 Å². The van der Waals surface area contributed by atoms with E-state index in [1.165, 1.54) is 25.7 Å². The second-order valence-electron chi connectivity index (χ2n) is 7.68. The van der Waals surface area contributed by atoms with Gasteiger partial charge in [-0.3, -0.25) is 0 Å². The van der Waals surface area contributed by atoms with Gasteiger partial charge < -0.3 is 15.0 Å². The average molecular weight is 330 g/mol. The summed E-state index contributed by atoms with van der Waals surface area (Å²) in [4.78, 5) is 14.2. The number of hydrogen-bond acceptors (Lipinski definition) is 2. The van der Waals surface area contributed by atoms with Crippen LogP contribution in [0.4, 0.5) is 10.5 Å². The van der Waals surface area contributed by atoms with Gasteiger partial charge in [-0.1, -0.05) is 38.8 Å². The molecular weight excluding hydrogens is 300 g/mol. The van der Waals surface area contributed by atoms with Crippen LogP contribution in [-0.2, 0) is 11.3 Å². The van der Waals surface area contributed by atoms with Crippen LogP contribution >= 0.6 is 0 Å². The highest BCUT2D eigenvalue weighted by Crippen LogP contribution is 2.26. The van der Waals surface area contributed by atoms with Crippen molar-refractivity contribution in [1.29, 1.82) is 0 Å². The maximum absolute atomic E-state index is 12.3. The van der Waals surface area contributed by atoms with Crippen molar-refractivity contribution in [3.8, 4) is 0 Å². The van der Waals surface area contributed by atoms with E-state index >= 15 is 0 Å². The lowest BCUT2D eigenvalue weighted by Gasteiger charge is -2.26. The minimum atomic E-state index is 0.0125. The summed E-state index contributed by atoms with van der Waals surface area (Å²) in [5.74, 6) is 1.38. The molecule has 4 nitrogen and oxygen atoms in total. The summed E-state index contributed by atoms with van der Waals surface area (Å²) in [5, 5.41) is 3.02. The van der Waals surface area contributed by atoms with Gasteiger partial charge in [0.2, 0.25) is 0 Å². The van der Waals surface area contributed by atoms with E-state index in [1.807, 2.05) is 23.1 Å². The van der Waals surface area contributed by atoms with Gasteiger partial charge in [-0.25, -0.2) is 4.79 Å². The number of urea groups is 1. The first kappa shape index (κ1) is 17.3. The Morgan fingerprint density at radius 1 is 1.25 bits per heavy atom. The van der Waals surface area contributed by atoms with E-state index in [2.05, 4.69) is 25.2 Å². The molecule has 1 aromatic carbocycles.